The molecule has 0 aliphatic rings. The molecule has 0 heterocycles. The second-order valence-electron chi connectivity index (χ2n) is 3.91. The van der Waals surface area contributed by atoms with Crippen molar-refractivity contribution in [3.63, 3.8) is 0 Å². The van der Waals surface area contributed by atoms with Crippen molar-refractivity contribution >= 4 is 17.1 Å². The van der Waals surface area contributed by atoms with Gasteiger partial charge in [0.25, 0.3) is 0 Å². The summed E-state index contributed by atoms with van der Waals surface area (Å²) in [6, 6.07) is 14.7. The molecule has 0 radical (unpaired) electrons. The summed E-state index contributed by atoms with van der Waals surface area (Å²) in [7, 11) is 0. The van der Waals surface area contributed by atoms with Gasteiger partial charge < -0.3 is 4.79 Å². The first kappa shape index (κ1) is 9.91. The molecule has 0 saturated carbocycles. The number of hydrogen-bond donors (Lipinski definition) is 0. The van der Waals surface area contributed by atoms with E-state index >= 15 is 0 Å². The van der Waals surface area contributed by atoms with Gasteiger partial charge in [-0.1, -0.05) is 49.4 Å². The number of fused-ring (bicyclic) bond motifs is 1. The summed E-state index contributed by atoms with van der Waals surface area (Å²) in [5.41, 5.74) is 1.24. The molecule has 1 heteroatoms. The van der Waals surface area contributed by atoms with Crippen LogP contribution in [0.3, 0.4) is 0 Å². The minimum Gasteiger partial charge on any atom is -0.303 e. The summed E-state index contributed by atoms with van der Waals surface area (Å²) in [6.45, 7) is 2.08. The third-order valence-corrected chi connectivity index (χ3v) is 2.79. The molecular weight excluding hydrogens is 184 g/mol. The first-order chi connectivity index (χ1) is 7.31. The van der Waals surface area contributed by atoms with E-state index in [1.165, 1.54) is 16.3 Å². The minimum atomic E-state index is 0.312. The first-order valence-corrected chi connectivity index (χ1v) is 5.23. The highest BCUT2D eigenvalue weighted by atomic mass is 16.1. The zero-order valence-corrected chi connectivity index (χ0v) is 8.81. The second-order valence-corrected chi connectivity index (χ2v) is 3.91. The van der Waals surface area contributed by atoms with Crippen LogP contribution < -0.4 is 0 Å². The normalized spacial score (nSPS) is 12.6. The van der Waals surface area contributed by atoms with E-state index in [1.54, 1.807) is 0 Å². The largest absolute Gasteiger partial charge is 0.303 e. The molecule has 2 aromatic carbocycles. The monoisotopic (exact) mass is 198 g/mol. The summed E-state index contributed by atoms with van der Waals surface area (Å²) in [4.78, 5) is 10.5. The fourth-order valence-corrected chi connectivity index (χ4v) is 1.79. The Bertz CT molecular complexity index is 473. The van der Waals surface area contributed by atoms with Crippen LogP contribution in [-0.4, -0.2) is 6.29 Å². The summed E-state index contributed by atoms with van der Waals surface area (Å²) >= 11 is 0. The Hall–Kier alpha value is -1.63. The van der Waals surface area contributed by atoms with Crippen LogP contribution in [0.4, 0.5) is 0 Å². The van der Waals surface area contributed by atoms with E-state index in [9.17, 15) is 4.79 Å². The van der Waals surface area contributed by atoms with E-state index < -0.39 is 0 Å². The van der Waals surface area contributed by atoms with Gasteiger partial charge >= 0.3 is 0 Å². The van der Waals surface area contributed by atoms with Gasteiger partial charge in [-0.15, -0.1) is 0 Å². The highest BCUT2D eigenvalue weighted by molar-refractivity contribution is 5.83. The molecule has 2 aromatic rings. The molecule has 0 unspecified atom stereocenters. The van der Waals surface area contributed by atoms with Crippen molar-refractivity contribution in [1.29, 1.82) is 0 Å². The fraction of sp³-hybridized carbons (Fsp3) is 0.214. The van der Waals surface area contributed by atoms with Crippen LogP contribution >= 0.6 is 0 Å². The highest BCUT2D eigenvalue weighted by Crippen LogP contribution is 2.22. The summed E-state index contributed by atoms with van der Waals surface area (Å²) in [5.74, 6) is 0.312. The molecule has 0 saturated heterocycles. The van der Waals surface area contributed by atoms with Crippen molar-refractivity contribution < 1.29 is 4.79 Å². The van der Waals surface area contributed by atoms with Crippen LogP contribution in [0.25, 0.3) is 10.8 Å². The van der Waals surface area contributed by atoms with Crippen molar-refractivity contribution in [2.75, 3.05) is 0 Å². The molecular formula is C14H14O. The minimum absolute atomic E-state index is 0.312. The van der Waals surface area contributed by atoms with Gasteiger partial charge in [-0.05, 0) is 22.3 Å². The van der Waals surface area contributed by atoms with Gasteiger partial charge in [-0.25, -0.2) is 0 Å². The number of rotatable bonds is 3. The molecule has 76 valence electrons. The summed E-state index contributed by atoms with van der Waals surface area (Å²) in [6.07, 6.45) is 1.58. The van der Waals surface area contributed by atoms with E-state index in [0.717, 1.165) is 6.29 Å². The average molecular weight is 198 g/mol. The maximum Gasteiger partial charge on any atom is 0.120 e. The zero-order chi connectivity index (χ0) is 10.7. The molecule has 15 heavy (non-hydrogen) atoms. The molecule has 0 aromatic heterocycles. The fourth-order valence-electron chi connectivity index (χ4n) is 1.79. The van der Waals surface area contributed by atoms with Crippen molar-refractivity contribution in [2.24, 2.45) is 0 Å². The topological polar surface area (TPSA) is 17.1 Å². The zero-order valence-electron chi connectivity index (χ0n) is 8.81. The second kappa shape index (κ2) is 4.26. The van der Waals surface area contributed by atoms with E-state index in [0.29, 0.717) is 12.3 Å². The van der Waals surface area contributed by atoms with Gasteiger partial charge in [0.15, 0.2) is 0 Å². The molecule has 0 fully saturated rings. The van der Waals surface area contributed by atoms with Gasteiger partial charge in [0.05, 0.1) is 0 Å². The number of carbonyl (C=O) groups is 1. The lowest BCUT2D eigenvalue weighted by molar-refractivity contribution is -0.108. The van der Waals surface area contributed by atoms with Crippen molar-refractivity contribution in [1.82, 2.24) is 0 Å². The van der Waals surface area contributed by atoms with Gasteiger partial charge in [0, 0.05) is 6.42 Å². The molecule has 0 spiro atoms. The van der Waals surface area contributed by atoms with Crippen LogP contribution in [0.5, 0.6) is 0 Å². The lowest BCUT2D eigenvalue weighted by Gasteiger charge is -2.09. The van der Waals surface area contributed by atoms with Crippen LogP contribution in [0.1, 0.15) is 24.8 Å². The average Bonchev–Trinajstić information content (AvgIpc) is 2.29. The standard InChI is InChI=1S/C14H14O/c1-11(8-9-15)13-7-6-12-4-2-3-5-14(12)10-13/h2-7,9-11H,8H2,1H3/t11-/m1/s1. The summed E-state index contributed by atoms with van der Waals surface area (Å²) < 4.78 is 0. The SMILES string of the molecule is C[C@H](CC=O)c1ccc2ccccc2c1. The Morgan fingerprint density at radius 2 is 1.87 bits per heavy atom. The van der Waals surface area contributed by atoms with Crippen molar-refractivity contribution in [2.45, 2.75) is 19.3 Å². The van der Waals surface area contributed by atoms with Crippen molar-refractivity contribution in [3.8, 4) is 0 Å². The maximum absolute atomic E-state index is 10.5. The van der Waals surface area contributed by atoms with Gasteiger partial charge in [-0.3, -0.25) is 0 Å². The Kier molecular flexibility index (Phi) is 2.82. The Morgan fingerprint density at radius 1 is 1.13 bits per heavy atom. The number of carbonyl (C=O) groups excluding carboxylic acids is 1. The van der Waals surface area contributed by atoms with E-state index in [1.807, 2.05) is 12.1 Å². The Morgan fingerprint density at radius 3 is 2.60 bits per heavy atom. The molecule has 0 amide bonds. The molecule has 1 atom stereocenters. The van der Waals surface area contributed by atoms with Gasteiger partial charge in [0.2, 0.25) is 0 Å². The Balaban J connectivity index is 2.42. The molecule has 0 aliphatic carbocycles. The van der Waals surface area contributed by atoms with Crippen LogP contribution in [0.15, 0.2) is 42.5 Å². The molecule has 2 rings (SSSR count). The third-order valence-electron chi connectivity index (χ3n) is 2.79. The van der Waals surface area contributed by atoms with E-state index in [2.05, 4.69) is 37.3 Å². The van der Waals surface area contributed by atoms with Crippen molar-refractivity contribution in [3.05, 3.63) is 48.0 Å². The lowest BCUT2D eigenvalue weighted by Crippen LogP contribution is -1.93. The first-order valence-electron chi connectivity index (χ1n) is 5.23. The lowest BCUT2D eigenvalue weighted by atomic mass is 9.96. The number of benzene rings is 2. The summed E-state index contributed by atoms with van der Waals surface area (Å²) in [5, 5.41) is 2.49. The maximum atomic E-state index is 10.5. The molecule has 0 bridgehead atoms. The van der Waals surface area contributed by atoms with Crippen LogP contribution in [-0.2, 0) is 4.79 Å². The molecule has 0 N–H and O–H groups in total. The van der Waals surface area contributed by atoms with Crippen LogP contribution in [0.2, 0.25) is 0 Å². The molecule has 1 nitrogen and oxygen atoms in total. The number of hydrogen-bond acceptors (Lipinski definition) is 1. The Labute approximate surface area is 89.7 Å². The predicted octanol–water partition coefficient (Wildman–Crippen LogP) is 3.53. The van der Waals surface area contributed by atoms with Gasteiger partial charge in [-0.2, -0.15) is 0 Å². The smallest absolute Gasteiger partial charge is 0.120 e. The molecule has 0 aliphatic heterocycles. The third kappa shape index (κ3) is 2.07. The van der Waals surface area contributed by atoms with E-state index in [4.69, 9.17) is 0 Å². The van der Waals surface area contributed by atoms with E-state index in [-0.39, 0.29) is 0 Å². The quantitative estimate of drug-likeness (QED) is 0.689. The highest BCUT2D eigenvalue weighted by Gasteiger charge is 2.04. The van der Waals surface area contributed by atoms with Gasteiger partial charge in [0.1, 0.15) is 6.29 Å². The number of aldehydes is 1. The van der Waals surface area contributed by atoms with Crippen LogP contribution in [0, 0.1) is 0 Å². The predicted molar refractivity (Wildman–Crippen MR) is 63.0 cm³/mol.